The zero-order valence-electron chi connectivity index (χ0n) is 8.55. The fourth-order valence-electron chi connectivity index (χ4n) is 1.65. The van der Waals surface area contributed by atoms with E-state index < -0.39 is 0 Å². The summed E-state index contributed by atoms with van der Waals surface area (Å²) in [6, 6.07) is 6.86. The van der Waals surface area contributed by atoms with E-state index >= 15 is 0 Å². The molecule has 1 aromatic carbocycles. The number of halogens is 1. The first-order chi connectivity index (χ1) is 7.75. The molecule has 16 heavy (non-hydrogen) atoms. The van der Waals surface area contributed by atoms with Crippen LogP contribution in [0.3, 0.4) is 0 Å². The monoisotopic (exact) mass is 236 g/mol. The Bertz CT molecular complexity index is 433. The number of fused-ring (bicyclic) bond motifs is 1. The van der Waals surface area contributed by atoms with Crippen molar-refractivity contribution in [3.8, 4) is 0 Å². The molecule has 1 aliphatic rings. The zero-order valence-corrected chi connectivity index (χ0v) is 9.37. The molecule has 2 amide bonds. The van der Waals surface area contributed by atoms with Gasteiger partial charge in [-0.05, 0) is 18.2 Å². The highest BCUT2D eigenvalue weighted by Crippen LogP contribution is 2.21. The Balaban J connectivity index is 2.25. The Morgan fingerprint density at radius 2 is 1.62 bits per heavy atom. The van der Waals surface area contributed by atoms with E-state index in [0.29, 0.717) is 23.6 Å². The van der Waals surface area contributed by atoms with E-state index in [9.17, 15) is 9.59 Å². The highest BCUT2D eigenvalue weighted by molar-refractivity contribution is 6.21. The van der Waals surface area contributed by atoms with Gasteiger partial charge in [0.15, 0.2) is 5.88 Å². The van der Waals surface area contributed by atoms with Crippen LogP contribution in [0.1, 0.15) is 20.7 Å². The summed E-state index contributed by atoms with van der Waals surface area (Å²) in [5.41, 5.74) is 0.971. The summed E-state index contributed by atoms with van der Waals surface area (Å²) in [6.07, 6.45) is 3.51. The topological polar surface area (TPSA) is 37.4 Å². The number of imide groups is 1. The smallest absolute Gasteiger partial charge is 0.261 e. The maximum atomic E-state index is 11.8. The fourth-order valence-corrected chi connectivity index (χ4v) is 1.79. The molecule has 0 aliphatic carbocycles. The summed E-state index contributed by atoms with van der Waals surface area (Å²) in [4.78, 5) is 24.9. The molecule has 0 unspecified atom stereocenters. The van der Waals surface area contributed by atoms with E-state index in [2.05, 4.69) is 0 Å². The Morgan fingerprint density at radius 3 is 2.12 bits per heavy atom. The molecule has 0 fully saturated rings. The summed E-state index contributed by atoms with van der Waals surface area (Å²) in [6.45, 7) is 0.295. The molecule has 82 valence electrons. The van der Waals surface area contributed by atoms with Gasteiger partial charge in [0.05, 0.1) is 11.1 Å². The van der Waals surface area contributed by atoms with Crippen LogP contribution in [0.25, 0.3) is 0 Å². The molecule has 0 saturated carbocycles. The van der Waals surface area contributed by atoms with Crippen molar-refractivity contribution in [2.75, 3.05) is 12.4 Å². The van der Waals surface area contributed by atoms with Crippen LogP contribution < -0.4 is 0 Å². The normalized spacial score (nSPS) is 14.9. The second-order valence-electron chi connectivity index (χ2n) is 3.40. The first-order valence-electron chi connectivity index (χ1n) is 4.94. The van der Waals surface area contributed by atoms with Crippen molar-refractivity contribution in [3.63, 3.8) is 0 Å². The molecule has 3 nitrogen and oxygen atoms in total. The number of allylic oxidation sites excluding steroid dienone is 1. The van der Waals surface area contributed by atoms with Crippen molar-refractivity contribution in [3.05, 3.63) is 47.5 Å². The predicted molar refractivity (Wildman–Crippen MR) is 57.2 cm³/mol. The molecule has 0 spiro atoms. The van der Waals surface area contributed by atoms with E-state index in [1.54, 1.807) is 36.4 Å². The van der Waals surface area contributed by atoms with Gasteiger partial charge in [-0.1, -0.05) is 18.2 Å². The average Bonchev–Trinajstić information content (AvgIpc) is 2.55. The van der Waals surface area contributed by atoms with Gasteiger partial charge in [0.1, 0.15) is 11.6 Å². The molecule has 0 atom stereocenters. The van der Waals surface area contributed by atoms with Crippen LogP contribution in [0.4, 0.5) is 0 Å². The third kappa shape index (κ3) is 1.74. The number of carbonyl (C=O) groups excluding carboxylic acids is 2. The molecule has 1 aromatic rings. The maximum Gasteiger partial charge on any atom is 0.261 e. The highest BCUT2D eigenvalue weighted by atomic mass is 35.5. The minimum atomic E-state index is -0.227. The van der Waals surface area contributed by atoms with Crippen molar-refractivity contribution in [2.24, 2.45) is 0 Å². The Labute approximate surface area is 98.3 Å². The largest absolute Gasteiger partial charge is 0.270 e. The van der Waals surface area contributed by atoms with E-state index in [1.807, 2.05) is 0 Å². The Kier molecular flexibility index (Phi) is 3.06. The zero-order chi connectivity index (χ0) is 11.5. The van der Waals surface area contributed by atoms with Crippen LogP contribution in [0.2, 0.25) is 0 Å². The standard InChI is InChI=1S/C12H11ClNO2/c13-7-3-4-8-14-11(15)9-5-1-2-6-10(9)12(14)16/h1-6,13H,7-8H2/q+1/b4-3+. The number of rotatable bonds is 3. The molecule has 0 aromatic heterocycles. The van der Waals surface area contributed by atoms with Gasteiger partial charge in [0.2, 0.25) is 0 Å². The Morgan fingerprint density at radius 1 is 1.06 bits per heavy atom. The lowest BCUT2D eigenvalue weighted by Gasteiger charge is -2.09. The van der Waals surface area contributed by atoms with E-state index in [1.165, 1.54) is 4.90 Å². The molecular weight excluding hydrogens is 226 g/mol. The van der Waals surface area contributed by atoms with Gasteiger partial charge in [0, 0.05) is 6.54 Å². The van der Waals surface area contributed by atoms with Crippen molar-refractivity contribution in [2.45, 2.75) is 0 Å². The molecule has 2 rings (SSSR count). The molecule has 0 saturated heterocycles. The fraction of sp³-hybridized carbons (Fsp3) is 0.167. The number of nitrogens with zero attached hydrogens (tertiary/aromatic N) is 1. The van der Waals surface area contributed by atoms with Gasteiger partial charge in [-0.2, -0.15) is 0 Å². The summed E-state index contributed by atoms with van der Waals surface area (Å²) in [7, 11) is 0. The van der Waals surface area contributed by atoms with Gasteiger partial charge in [-0.25, -0.2) is 0 Å². The summed E-state index contributed by atoms with van der Waals surface area (Å²) >= 11 is 4.75. The molecule has 0 N–H and O–H groups in total. The Hall–Kier alpha value is -1.61. The number of alkyl halides is 1. The quantitative estimate of drug-likeness (QED) is 0.448. The lowest BCUT2D eigenvalue weighted by Crippen LogP contribution is -2.29. The number of carbonyl (C=O) groups is 2. The molecule has 1 heterocycles. The number of hydrogen-bond donors (Lipinski definition) is 0. The first kappa shape index (κ1) is 10.9. The van der Waals surface area contributed by atoms with Gasteiger partial charge < -0.3 is 0 Å². The van der Waals surface area contributed by atoms with Crippen molar-refractivity contribution < 1.29 is 21.2 Å². The van der Waals surface area contributed by atoms with Crippen LogP contribution in [0, 0.1) is 11.6 Å². The molecular formula is C12H11ClNO2+. The van der Waals surface area contributed by atoms with Crippen LogP contribution in [-0.2, 0) is 0 Å². The van der Waals surface area contributed by atoms with E-state index in [4.69, 9.17) is 11.6 Å². The average molecular weight is 237 g/mol. The molecule has 0 bridgehead atoms. The van der Waals surface area contributed by atoms with Crippen LogP contribution in [-0.4, -0.2) is 29.1 Å². The van der Waals surface area contributed by atoms with Crippen LogP contribution in [0.15, 0.2) is 36.4 Å². The summed E-state index contributed by atoms with van der Waals surface area (Å²) in [5, 5.41) is 0. The van der Waals surface area contributed by atoms with Crippen LogP contribution in [0.5, 0.6) is 0 Å². The number of hydrogen-bond acceptors (Lipinski definition) is 2. The summed E-state index contributed by atoms with van der Waals surface area (Å²) in [5.74, 6) is 0.0348. The van der Waals surface area contributed by atoms with Gasteiger partial charge >= 0.3 is 0 Å². The van der Waals surface area contributed by atoms with E-state index in [0.717, 1.165) is 0 Å². The third-order valence-electron chi connectivity index (χ3n) is 2.43. The molecule has 1 aliphatic heterocycles. The minimum absolute atomic E-state index is 0.227. The molecule has 0 radical (unpaired) electrons. The first-order valence-corrected chi connectivity index (χ1v) is 5.51. The predicted octanol–water partition coefficient (Wildman–Crippen LogP) is 1.12. The number of benzene rings is 1. The third-order valence-corrected chi connectivity index (χ3v) is 2.62. The van der Waals surface area contributed by atoms with Crippen molar-refractivity contribution >= 4 is 11.8 Å². The maximum absolute atomic E-state index is 11.8. The lowest BCUT2D eigenvalue weighted by atomic mass is 10.1. The van der Waals surface area contributed by atoms with Crippen LogP contribution >= 0.6 is 0 Å². The van der Waals surface area contributed by atoms with Crippen molar-refractivity contribution in [1.29, 1.82) is 0 Å². The van der Waals surface area contributed by atoms with Crippen molar-refractivity contribution in [1.82, 2.24) is 4.90 Å². The second-order valence-corrected chi connectivity index (χ2v) is 3.74. The van der Waals surface area contributed by atoms with E-state index in [-0.39, 0.29) is 11.8 Å². The van der Waals surface area contributed by atoms with Gasteiger partial charge in [-0.3, -0.25) is 14.5 Å². The second kappa shape index (κ2) is 4.49. The molecule has 4 heteroatoms. The minimum Gasteiger partial charge on any atom is -0.270 e. The lowest BCUT2D eigenvalue weighted by molar-refractivity contribution is -0.352. The SMILES string of the molecule is O=C1c2ccccc2C(=O)N1C/C=C/C[ClH+]. The highest BCUT2D eigenvalue weighted by Gasteiger charge is 2.33. The number of amides is 2. The van der Waals surface area contributed by atoms with Gasteiger partial charge in [0.25, 0.3) is 11.8 Å². The summed E-state index contributed by atoms with van der Waals surface area (Å²) < 4.78 is 0. The van der Waals surface area contributed by atoms with Gasteiger partial charge in [-0.15, -0.1) is 0 Å².